The van der Waals surface area contributed by atoms with Gasteiger partial charge in [-0.05, 0) is 62.3 Å². The normalized spacial score (nSPS) is 17.9. The molecule has 0 spiro atoms. The maximum Gasteiger partial charge on any atom is 0.320 e. The first-order valence-corrected chi connectivity index (χ1v) is 14.0. The summed E-state index contributed by atoms with van der Waals surface area (Å²) in [6.45, 7) is 19.8. The fourth-order valence-electron chi connectivity index (χ4n) is 4.07. The van der Waals surface area contributed by atoms with E-state index in [4.69, 9.17) is 14.2 Å². The number of carbonyl (C=O) groups is 4. The molecule has 1 saturated heterocycles. The zero-order valence-electron chi connectivity index (χ0n) is 26.5. The van der Waals surface area contributed by atoms with Crippen molar-refractivity contribution in [2.75, 3.05) is 78.5 Å². The molecule has 1 heterocycles. The Balaban J connectivity index is 0.0000160. The highest BCUT2D eigenvalue weighted by Crippen LogP contribution is 2.11. The number of hydrogen-bond donors (Lipinski definition) is 1. The van der Waals surface area contributed by atoms with Crippen LogP contribution in [0.15, 0.2) is 0 Å². The lowest BCUT2D eigenvalue weighted by molar-refractivity contribution is -0.158. The second-order valence-electron chi connectivity index (χ2n) is 13.3. The summed E-state index contributed by atoms with van der Waals surface area (Å²) in [5.74, 6) is -2.05. The highest BCUT2D eigenvalue weighted by molar-refractivity contribution is 5.85. The Morgan fingerprint density at radius 1 is 0.488 bits per heavy atom. The van der Waals surface area contributed by atoms with E-state index in [1.807, 2.05) is 35.5 Å². The molecule has 41 heavy (non-hydrogen) atoms. The van der Waals surface area contributed by atoms with Crippen molar-refractivity contribution in [3.8, 4) is 0 Å². The van der Waals surface area contributed by atoms with Crippen LogP contribution < -0.4 is 0 Å². The van der Waals surface area contributed by atoms with Gasteiger partial charge in [0.25, 0.3) is 0 Å². The second-order valence-corrected chi connectivity index (χ2v) is 13.3. The Bertz CT molecular complexity index is 806. The van der Waals surface area contributed by atoms with Gasteiger partial charge in [0.05, 0.1) is 26.2 Å². The Kier molecular flexibility index (Phi) is 16.4. The quantitative estimate of drug-likeness (QED) is 0.318. The van der Waals surface area contributed by atoms with Gasteiger partial charge in [-0.2, -0.15) is 0 Å². The van der Waals surface area contributed by atoms with Crippen LogP contribution in [0.3, 0.4) is 0 Å². The lowest BCUT2D eigenvalue weighted by atomic mass is 10.2. The van der Waals surface area contributed by atoms with Crippen molar-refractivity contribution < 1.29 is 38.5 Å². The Morgan fingerprint density at radius 2 is 0.683 bits per heavy atom. The average molecular weight is 609 g/mol. The van der Waals surface area contributed by atoms with Crippen LogP contribution in [0.5, 0.6) is 0 Å². The third-order valence-corrected chi connectivity index (χ3v) is 5.61. The minimum Gasteiger partial charge on any atom is -0.480 e. The molecule has 0 unspecified atom stereocenters. The number of carbonyl (C=O) groups excluding carboxylic acids is 3. The molecule has 1 aliphatic rings. The summed E-state index contributed by atoms with van der Waals surface area (Å²) in [6, 6.07) is 0. The highest BCUT2D eigenvalue weighted by Gasteiger charge is 2.25. The first kappa shape index (κ1) is 39.0. The van der Waals surface area contributed by atoms with Crippen molar-refractivity contribution in [2.45, 2.75) is 79.1 Å². The fraction of sp³-hybridized carbons (Fsp3) is 0.857. The summed E-state index contributed by atoms with van der Waals surface area (Å²) in [6.07, 6.45) is 0. The van der Waals surface area contributed by atoms with Gasteiger partial charge in [-0.1, -0.05) is 0 Å². The zero-order chi connectivity index (χ0) is 30.7. The van der Waals surface area contributed by atoms with Crippen molar-refractivity contribution >= 4 is 36.3 Å². The van der Waals surface area contributed by atoms with Gasteiger partial charge in [0.1, 0.15) is 16.8 Å². The maximum atomic E-state index is 12.7. The smallest absolute Gasteiger partial charge is 0.320 e. The van der Waals surface area contributed by atoms with E-state index in [2.05, 4.69) is 0 Å². The molecule has 0 amide bonds. The van der Waals surface area contributed by atoms with E-state index in [0.717, 1.165) is 0 Å². The fourth-order valence-corrected chi connectivity index (χ4v) is 4.07. The van der Waals surface area contributed by atoms with Crippen molar-refractivity contribution in [2.24, 2.45) is 0 Å². The maximum absolute atomic E-state index is 12.7. The van der Waals surface area contributed by atoms with E-state index >= 15 is 0 Å². The number of ether oxygens (including phenoxy) is 3. The van der Waals surface area contributed by atoms with E-state index in [-0.39, 0.29) is 56.5 Å². The van der Waals surface area contributed by atoms with Crippen LogP contribution in [-0.4, -0.2) is 144 Å². The number of carboxylic acids is 1. The molecule has 0 aromatic rings. The predicted octanol–water partition coefficient (Wildman–Crippen LogP) is 1.74. The number of nitrogens with zero attached hydrogens (tertiary/aromatic N) is 4. The molecule has 12 nitrogen and oxygen atoms in total. The Hall–Kier alpha value is -1.99. The monoisotopic (exact) mass is 608 g/mol. The van der Waals surface area contributed by atoms with Crippen molar-refractivity contribution in [1.29, 1.82) is 0 Å². The predicted molar refractivity (Wildman–Crippen MR) is 158 cm³/mol. The minimum atomic E-state index is -0.951. The molecule has 0 aromatic carbocycles. The molecule has 1 fully saturated rings. The molecule has 0 saturated carbocycles. The van der Waals surface area contributed by atoms with E-state index in [0.29, 0.717) is 52.4 Å². The van der Waals surface area contributed by atoms with Gasteiger partial charge in [0.15, 0.2) is 0 Å². The lowest BCUT2D eigenvalue weighted by Gasteiger charge is -2.34. The number of aliphatic carboxylic acids is 1. The summed E-state index contributed by atoms with van der Waals surface area (Å²) in [7, 11) is 0. The number of esters is 3. The van der Waals surface area contributed by atoms with Crippen molar-refractivity contribution in [3.63, 3.8) is 0 Å². The molecule has 0 bridgehead atoms. The zero-order valence-corrected chi connectivity index (χ0v) is 27.3. The number of hydrogen-bond acceptors (Lipinski definition) is 11. The molecular formula is C28H53ClN4O8. The van der Waals surface area contributed by atoms with E-state index in [1.165, 1.54) is 0 Å². The Morgan fingerprint density at radius 3 is 0.854 bits per heavy atom. The molecular weight excluding hydrogens is 556 g/mol. The third kappa shape index (κ3) is 20.5. The molecule has 1 aliphatic heterocycles. The van der Waals surface area contributed by atoms with Gasteiger partial charge in [0, 0.05) is 52.4 Å². The first-order valence-electron chi connectivity index (χ1n) is 14.0. The van der Waals surface area contributed by atoms with Gasteiger partial charge in [-0.3, -0.25) is 38.8 Å². The molecule has 0 radical (unpaired) electrons. The van der Waals surface area contributed by atoms with Crippen LogP contribution in [0.1, 0.15) is 62.3 Å². The van der Waals surface area contributed by atoms with Gasteiger partial charge >= 0.3 is 23.9 Å². The van der Waals surface area contributed by atoms with Crippen LogP contribution in [0.4, 0.5) is 0 Å². The van der Waals surface area contributed by atoms with E-state index in [1.54, 1.807) is 46.4 Å². The van der Waals surface area contributed by atoms with Crippen LogP contribution in [0.2, 0.25) is 0 Å². The molecule has 1 rings (SSSR count). The van der Waals surface area contributed by atoms with Gasteiger partial charge in [-0.25, -0.2) is 0 Å². The molecule has 1 N–H and O–H groups in total. The molecule has 240 valence electrons. The summed E-state index contributed by atoms with van der Waals surface area (Å²) in [4.78, 5) is 57.0. The van der Waals surface area contributed by atoms with Crippen LogP contribution in [0, 0.1) is 0 Å². The van der Waals surface area contributed by atoms with Gasteiger partial charge in [-0.15, -0.1) is 12.4 Å². The van der Waals surface area contributed by atoms with Crippen molar-refractivity contribution in [1.82, 2.24) is 19.6 Å². The second kappa shape index (κ2) is 17.2. The number of halogens is 1. The molecule has 13 heteroatoms. The summed E-state index contributed by atoms with van der Waals surface area (Å²) < 4.78 is 16.6. The topological polar surface area (TPSA) is 129 Å². The summed E-state index contributed by atoms with van der Waals surface area (Å²) >= 11 is 0. The van der Waals surface area contributed by atoms with Crippen LogP contribution >= 0.6 is 12.4 Å². The largest absolute Gasteiger partial charge is 0.480 e. The number of rotatable bonds is 8. The SMILES string of the molecule is CC(C)(C)OC(=O)CN1CCN(CC(=O)O)CCN(CC(=O)OC(C)(C)C)CCN(CC(=O)OC(C)(C)C)CC1.Cl. The van der Waals surface area contributed by atoms with Crippen LogP contribution in [-0.2, 0) is 33.4 Å². The van der Waals surface area contributed by atoms with Gasteiger partial charge < -0.3 is 19.3 Å². The van der Waals surface area contributed by atoms with E-state index in [9.17, 15) is 24.3 Å². The average Bonchev–Trinajstić information content (AvgIpc) is 2.71. The minimum absolute atomic E-state index is 0. The summed E-state index contributed by atoms with van der Waals surface area (Å²) in [5.41, 5.74) is -1.87. The number of carboxylic acid groups (broad SMARTS) is 1. The standard InChI is InChI=1S/C28H52N4O8.ClH/c1-26(2,3)38-23(35)19-30-12-10-29(18-22(33)34)11-13-31(20-24(36)39-27(4,5)6)15-17-32(16-14-30)21-25(37)40-28(7,8)9;/h10-21H2,1-9H3,(H,33,34);1H. The Labute approximate surface area is 252 Å². The lowest BCUT2D eigenvalue weighted by Crippen LogP contribution is -2.50. The van der Waals surface area contributed by atoms with Gasteiger partial charge in [0.2, 0.25) is 0 Å². The third-order valence-electron chi connectivity index (χ3n) is 5.61. The first-order chi connectivity index (χ1) is 18.2. The van der Waals surface area contributed by atoms with Crippen LogP contribution in [0.25, 0.3) is 0 Å². The molecule has 0 aromatic heterocycles. The van der Waals surface area contributed by atoms with E-state index < -0.39 is 22.8 Å². The summed E-state index contributed by atoms with van der Waals surface area (Å²) in [5, 5.41) is 9.46. The molecule has 0 atom stereocenters. The highest BCUT2D eigenvalue weighted by atomic mass is 35.5. The molecule has 0 aliphatic carbocycles. The van der Waals surface area contributed by atoms with Crippen molar-refractivity contribution in [3.05, 3.63) is 0 Å².